The summed E-state index contributed by atoms with van der Waals surface area (Å²) in [5.74, 6) is 0.342. The minimum atomic E-state index is -0.799. The number of hydrogen-bond acceptors (Lipinski definition) is 2. The number of benzene rings is 1. The standard InChI is InChI=1S/C14H20O2/c1-16-11-14(15,13-9-5-6-10-13)12-7-3-2-4-8-12/h2-4,7-8,13,15H,5-6,9-11H2,1H3. The van der Waals surface area contributed by atoms with Crippen molar-refractivity contribution in [3.63, 3.8) is 0 Å². The molecular weight excluding hydrogens is 200 g/mol. The van der Waals surface area contributed by atoms with Crippen LogP contribution in [0.25, 0.3) is 0 Å². The first-order valence-electron chi connectivity index (χ1n) is 6.04. The fourth-order valence-corrected chi connectivity index (χ4v) is 2.79. The summed E-state index contributed by atoms with van der Waals surface area (Å²) >= 11 is 0. The minimum Gasteiger partial charge on any atom is -0.382 e. The molecule has 88 valence electrons. The molecular formula is C14H20O2. The van der Waals surface area contributed by atoms with E-state index in [-0.39, 0.29) is 0 Å². The Morgan fingerprint density at radius 2 is 1.88 bits per heavy atom. The third-order valence-electron chi connectivity index (χ3n) is 3.67. The van der Waals surface area contributed by atoms with Crippen molar-refractivity contribution in [2.75, 3.05) is 13.7 Å². The zero-order valence-corrected chi connectivity index (χ0v) is 9.86. The average molecular weight is 220 g/mol. The van der Waals surface area contributed by atoms with Crippen LogP contribution < -0.4 is 0 Å². The Labute approximate surface area is 97.3 Å². The molecule has 0 heterocycles. The lowest BCUT2D eigenvalue weighted by Gasteiger charge is -2.34. The summed E-state index contributed by atoms with van der Waals surface area (Å²) in [6.45, 7) is 0.391. The quantitative estimate of drug-likeness (QED) is 0.845. The second kappa shape index (κ2) is 4.98. The average Bonchev–Trinajstić information content (AvgIpc) is 2.84. The van der Waals surface area contributed by atoms with E-state index in [4.69, 9.17) is 4.74 Å². The van der Waals surface area contributed by atoms with E-state index in [0.717, 1.165) is 18.4 Å². The van der Waals surface area contributed by atoms with Gasteiger partial charge in [-0.05, 0) is 24.3 Å². The zero-order valence-electron chi connectivity index (χ0n) is 9.86. The summed E-state index contributed by atoms with van der Waals surface area (Å²) < 4.78 is 5.22. The molecule has 1 unspecified atom stereocenters. The monoisotopic (exact) mass is 220 g/mol. The maximum absolute atomic E-state index is 10.9. The van der Waals surface area contributed by atoms with Crippen molar-refractivity contribution in [2.24, 2.45) is 5.92 Å². The van der Waals surface area contributed by atoms with Crippen molar-refractivity contribution in [2.45, 2.75) is 31.3 Å². The summed E-state index contributed by atoms with van der Waals surface area (Å²) in [5, 5.41) is 10.9. The molecule has 0 amide bonds. The van der Waals surface area contributed by atoms with Crippen molar-refractivity contribution in [3.05, 3.63) is 35.9 Å². The lowest BCUT2D eigenvalue weighted by Crippen LogP contribution is -2.38. The van der Waals surface area contributed by atoms with Gasteiger partial charge in [-0.15, -0.1) is 0 Å². The van der Waals surface area contributed by atoms with Crippen molar-refractivity contribution in [3.8, 4) is 0 Å². The smallest absolute Gasteiger partial charge is 0.116 e. The molecule has 2 heteroatoms. The van der Waals surface area contributed by atoms with Crippen LogP contribution in [0.5, 0.6) is 0 Å². The van der Waals surface area contributed by atoms with E-state index >= 15 is 0 Å². The maximum Gasteiger partial charge on any atom is 0.116 e. The second-order valence-electron chi connectivity index (χ2n) is 4.70. The highest BCUT2D eigenvalue weighted by atomic mass is 16.5. The molecule has 0 aliphatic heterocycles. The Morgan fingerprint density at radius 1 is 1.25 bits per heavy atom. The molecule has 1 atom stereocenters. The third-order valence-corrected chi connectivity index (χ3v) is 3.67. The van der Waals surface area contributed by atoms with Crippen LogP contribution in [-0.2, 0) is 10.3 Å². The zero-order chi connectivity index (χ0) is 11.4. The van der Waals surface area contributed by atoms with Crippen LogP contribution in [0.4, 0.5) is 0 Å². The molecule has 1 saturated carbocycles. The summed E-state index contributed by atoms with van der Waals surface area (Å²) in [6.07, 6.45) is 4.66. The van der Waals surface area contributed by atoms with Crippen LogP contribution in [0.15, 0.2) is 30.3 Å². The molecule has 1 N–H and O–H groups in total. The van der Waals surface area contributed by atoms with Crippen LogP contribution in [0.2, 0.25) is 0 Å². The van der Waals surface area contributed by atoms with E-state index in [1.165, 1.54) is 12.8 Å². The van der Waals surface area contributed by atoms with E-state index in [1.807, 2.05) is 30.3 Å². The van der Waals surface area contributed by atoms with Crippen molar-refractivity contribution in [1.29, 1.82) is 0 Å². The van der Waals surface area contributed by atoms with E-state index in [0.29, 0.717) is 12.5 Å². The highest BCUT2D eigenvalue weighted by molar-refractivity contribution is 5.23. The molecule has 1 fully saturated rings. The van der Waals surface area contributed by atoms with Gasteiger partial charge in [-0.1, -0.05) is 43.2 Å². The van der Waals surface area contributed by atoms with Gasteiger partial charge in [0, 0.05) is 7.11 Å². The fourth-order valence-electron chi connectivity index (χ4n) is 2.79. The molecule has 1 aliphatic rings. The molecule has 16 heavy (non-hydrogen) atoms. The number of methoxy groups -OCH3 is 1. The highest BCUT2D eigenvalue weighted by Gasteiger charge is 2.39. The Balaban J connectivity index is 2.27. The fraction of sp³-hybridized carbons (Fsp3) is 0.571. The number of ether oxygens (including phenoxy) is 1. The Hall–Kier alpha value is -0.860. The van der Waals surface area contributed by atoms with Gasteiger partial charge >= 0.3 is 0 Å². The van der Waals surface area contributed by atoms with Gasteiger partial charge in [-0.25, -0.2) is 0 Å². The van der Waals surface area contributed by atoms with Crippen LogP contribution in [-0.4, -0.2) is 18.8 Å². The SMILES string of the molecule is COCC(O)(c1ccccc1)C1CCCC1. The number of aliphatic hydroxyl groups is 1. The molecule has 2 rings (SSSR count). The molecule has 0 saturated heterocycles. The molecule has 2 nitrogen and oxygen atoms in total. The van der Waals surface area contributed by atoms with Gasteiger partial charge in [0.2, 0.25) is 0 Å². The van der Waals surface area contributed by atoms with Gasteiger partial charge in [-0.2, -0.15) is 0 Å². The molecule has 1 aliphatic carbocycles. The van der Waals surface area contributed by atoms with Crippen LogP contribution in [0, 0.1) is 5.92 Å². The van der Waals surface area contributed by atoms with Gasteiger partial charge in [0.15, 0.2) is 0 Å². The van der Waals surface area contributed by atoms with E-state index < -0.39 is 5.60 Å². The van der Waals surface area contributed by atoms with Gasteiger partial charge in [0.1, 0.15) is 5.60 Å². The summed E-state index contributed by atoms with van der Waals surface area (Å²) in [6, 6.07) is 9.93. The Morgan fingerprint density at radius 3 is 2.44 bits per heavy atom. The predicted molar refractivity (Wildman–Crippen MR) is 64.2 cm³/mol. The number of hydrogen-bond donors (Lipinski definition) is 1. The first kappa shape index (κ1) is 11.6. The van der Waals surface area contributed by atoms with E-state index in [1.54, 1.807) is 7.11 Å². The maximum atomic E-state index is 10.9. The van der Waals surface area contributed by atoms with Crippen molar-refractivity contribution >= 4 is 0 Å². The molecule has 1 aromatic rings. The minimum absolute atomic E-state index is 0.342. The van der Waals surface area contributed by atoms with Crippen molar-refractivity contribution < 1.29 is 9.84 Å². The highest BCUT2D eigenvalue weighted by Crippen LogP contribution is 2.40. The second-order valence-corrected chi connectivity index (χ2v) is 4.70. The van der Waals surface area contributed by atoms with Gasteiger partial charge in [-0.3, -0.25) is 0 Å². The first-order chi connectivity index (χ1) is 7.77. The van der Waals surface area contributed by atoms with Gasteiger partial charge in [0.05, 0.1) is 6.61 Å². The summed E-state index contributed by atoms with van der Waals surface area (Å²) in [7, 11) is 1.66. The first-order valence-corrected chi connectivity index (χ1v) is 6.04. The Kier molecular flexibility index (Phi) is 3.62. The lowest BCUT2D eigenvalue weighted by atomic mass is 9.81. The van der Waals surface area contributed by atoms with E-state index in [9.17, 15) is 5.11 Å². The topological polar surface area (TPSA) is 29.5 Å². The largest absolute Gasteiger partial charge is 0.382 e. The van der Waals surface area contributed by atoms with Crippen LogP contribution >= 0.6 is 0 Å². The molecule has 0 bridgehead atoms. The van der Waals surface area contributed by atoms with Gasteiger partial charge in [0.25, 0.3) is 0 Å². The predicted octanol–water partition coefficient (Wildman–Crippen LogP) is 2.71. The van der Waals surface area contributed by atoms with Crippen molar-refractivity contribution in [1.82, 2.24) is 0 Å². The number of rotatable bonds is 4. The summed E-state index contributed by atoms with van der Waals surface area (Å²) in [4.78, 5) is 0. The molecule has 0 spiro atoms. The normalized spacial score (nSPS) is 20.9. The lowest BCUT2D eigenvalue weighted by molar-refractivity contribution is -0.0784. The third kappa shape index (κ3) is 2.13. The van der Waals surface area contributed by atoms with Gasteiger partial charge < -0.3 is 9.84 Å². The van der Waals surface area contributed by atoms with Crippen LogP contribution in [0.1, 0.15) is 31.2 Å². The Bertz CT molecular complexity index is 317. The molecule has 1 aromatic carbocycles. The molecule has 0 radical (unpaired) electrons. The van der Waals surface area contributed by atoms with E-state index in [2.05, 4.69) is 0 Å². The summed E-state index contributed by atoms with van der Waals surface area (Å²) in [5.41, 5.74) is 0.190. The van der Waals surface area contributed by atoms with Crippen LogP contribution in [0.3, 0.4) is 0 Å². The molecule has 0 aromatic heterocycles.